The van der Waals surface area contributed by atoms with Crippen LogP contribution < -0.4 is 5.32 Å². The van der Waals surface area contributed by atoms with Crippen LogP contribution in [0.2, 0.25) is 0 Å². The summed E-state index contributed by atoms with van der Waals surface area (Å²) in [6.07, 6.45) is 0. The van der Waals surface area contributed by atoms with Crippen LogP contribution in [0.4, 0.5) is 5.82 Å². The molecule has 1 aliphatic heterocycles. The minimum atomic E-state index is -1.31. The van der Waals surface area contributed by atoms with E-state index in [1.807, 2.05) is 6.92 Å². The molecule has 1 atom stereocenters. The van der Waals surface area contributed by atoms with Crippen molar-refractivity contribution in [1.82, 2.24) is 15.4 Å². The summed E-state index contributed by atoms with van der Waals surface area (Å²) in [5.41, 5.74) is 0.799. The number of rotatable bonds is 1. The monoisotopic (exact) mass is 294 g/mol. The van der Waals surface area contributed by atoms with E-state index < -0.39 is 19.8 Å². The molecular weight excluding hydrogens is 283 g/mol. The quantitative estimate of drug-likeness (QED) is 0.593. The summed E-state index contributed by atoms with van der Waals surface area (Å²) in [5, 5.41) is 13.2. The SMILES string of the molecule is CI(C)C1(C)C(=O)Nc2n[nH]nc21. The first kappa shape index (κ1) is 8.92. The molecule has 0 aromatic carbocycles. The molecule has 5 nitrogen and oxygen atoms in total. The molecule has 2 rings (SSSR count). The van der Waals surface area contributed by atoms with E-state index in [1.165, 1.54) is 0 Å². The van der Waals surface area contributed by atoms with Crippen LogP contribution >= 0.6 is 19.8 Å². The van der Waals surface area contributed by atoms with Crippen LogP contribution in [0.5, 0.6) is 0 Å². The van der Waals surface area contributed by atoms with E-state index in [0.29, 0.717) is 5.82 Å². The van der Waals surface area contributed by atoms with Crippen LogP contribution in [0, 0.1) is 0 Å². The van der Waals surface area contributed by atoms with Gasteiger partial charge in [0.15, 0.2) is 0 Å². The third kappa shape index (κ3) is 1.01. The molecule has 0 bridgehead atoms. The third-order valence-corrected chi connectivity index (χ3v) is 7.72. The molecule has 1 unspecified atom stereocenters. The van der Waals surface area contributed by atoms with E-state index >= 15 is 0 Å². The summed E-state index contributed by atoms with van der Waals surface area (Å²) in [6.45, 7) is 1.96. The Hall–Kier alpha value is -0.660. The number of anilines is 1. The fourth-order valence-electron chi connectivity index (χ4n) is 1.33. The Bertz CT molecular complexity index is 361. The Morgan fingerprint density at radius 1 is 1.38 bits per heavy atom. The summed E-state index contributed by atoms with van der Waals surface area (Å²) in [6, 6.07) is 0. The Morgan fingerprint density at radius 2 is 2.08 bits per heavy atom. The van der Waals surface area contributed by atoms with Crippen LogP contribution in [-0.2, 0) is 8.22 Å². The van der Waals surface area contributed by atoms with E-state index in [9.17, 15) is 4.79 Å². The first-order valence-corrected chi connectivity index (χ1v) is 9.19. The van der Waals surface area contributed by atoms with E-state index in [0.717, 1.165) is 5.69 Å². The third-order valence-electron chi connectivity index (χ3n) is 2.41. The van der Waals surface area contributed by atoms with Crippen LogP contribution in [0.3, 0.4) is 0 Å². The maximum atomic E-state index is 11.7. The molecule has 1 amide bonds. The molecule has 0 fully saturated rings. The van der Waals surface area contributed by atoms with Crippen molar-refractivity contribution >= 4 is 31.5 Å². The molecular formula is C7H11IN4O. The number of aromatic amines is 1. The van der Waals surface area contributed by atoms with E-state index in [4.69, 9.17) is 0 Å². The number of nitrogens with one attached hydrogen (secondary N) is 2. The standard InChI is InChI=1S/C7H11IN4O/c1-7(8(2)3)4-5(9-6(7)13)11-12-10-4/h1-3H3,(H2,9,10,11,12,13). The first-order chi connectivity index (χ1) is 6.06. The predicted molar refractivity (Wildman–Crippen MR) is 58.2 cm³/mol. The van der Waals surface area contributed by atoms with Crippen LogP contribution in [-0.4, -0.2) is 31.2 Å². The number of nitrogens with zero attached hydrogens (tertiary/aromatic N) is 2. The zero-order valence-corrected chi connectivity index (χ0v) is 9.84. The average molecular weight is 294 g/mol. The van der Waals surface area contributed by atoms with Gasteiger partial charge in [-0.15, -0.1) is 0 Å². The maximum absolute atomic E-state index is 11.7. The molecule has 6 heteroatoms. The second-order valence-corrected chi connectivity index (χ2v) is 9.71. The van der Waals surface area contributed by atoms with Gasteiger partial charge in [0.1, 0.15) is 0 Å². The van der Waals surface area contributed by atoms with Gasteiger partial charge in [-0.1, -0.05) is 0 Å². The molecule has 2 heterocycles. The van der Waals surface area contributed by atoms with Gasteiger partial charge in [-0.3, -0.25) is 0 Å². The van der Waals surface area contributed by atoms with Crippen LogP contribution in [0.15, 0.2) is 0 Å². The van der Waals surface area contributed by atoms with Crippen LogP contribution in [0.25, 0.3) is 0 Å². The van der Waals surface area contributed by atoms with Gasteiger partial charge >= 0.3 is 83.0 Å². The molecule has 0 spiro atoms. The minimum absolute atomic E-state index is 0.0571. The predicted octanol–water partition coefficient (Wildman–Crippen LogP) is 0.738. The Balaban J connectivity index is 2.56. The average Bonchev–Trinajstić information content (AvgIpc) is 2.57. The number of fused-ring (bicyclic) bond motifs is 1. The van der Waals surface area contributed by atoms with Gasteiger partial charge in [-0.05, 0) is 0 Å². The second-order valence-electron chi connectivity index (χ2n) is 3.23. The van der Waals surface area contributed by atoms with Gasteiger partial charge in [-0.2, -0.15) is 0 Å². The van der Waals surface area contributed by atoms with Crippen LogP contribution in [0.1, 0.15) is 12.6 Å². The number of carbonyl (C=O) groups is 1. The van der Waals surface area contributed by atoms with Gasteiger partial charge < -0.3 is 0 Å². The fourth-order valence-corrected chi connectivity index (χ4v) is 3.84. The molecule has 13 heavy (non-hydrogen) atoms. The second kappa shape index (κ2) is 2.66. The summed E-state index contributed by atoms with van der Waals surface area (Å²) < 4.78 is -0.383. The Labute approximate surface area is 83.1 Å². The molecule has 0 radical (unpaired) electrons. The number of carbonyl (C=O) groups excluding carboxylic acids is 1. The van der Waals surface area contributed by atoms with Gasteiger partial charge in [0.25, 0.3) is 0 Å². The number of amides is 1. The summed E-state index contributed by atoms with van der Waals surface area (Å²) in [7, 11) is 0. The first-order valence-electron chi connectivity index (χ1n) is 3.79. The van der Waals surface area contributed by atoms with Gasteiger partial charge in [0, 0.05) is 0 Å². The van der Waals surface area contributed by atoms with Gasteiger partial charge in [0.2, 0.25) is 0 Å². The van der Waals surface area contributed by atoms with E-state index in [1.54, 1.807) is 0 Å². The van der Waals surface area contributed by atoms with E-state index in [2.05, 4.69) is 30.6 Å². The molecule has 0 saturated carbocycles. The molecule has 72 valence electrons. The Kier molecular flexibility index (Phi) is 1.83. The molecule has 1 aliphatic rings. The van der Waals surface area contributed by atoms with Gasteiger partial charge in [-0.25, -0.2) is 0 Å². The Morgan fingerprint density at radius 3 is 2.69 bits per heavy atom. The number of aromatic nitrogens is 3. The van der Waals surface area contributed by atoms with E-state index in [-0.39, 0.29) is 9.33 Å². The van der Waals surface area contributed by atoms with Crippen molar-refractivity contribution in [3.8, 4) is 0 Å². The van der Waals surface area contributed by atoms with Crippen molar-refractivity contribution in [2.24, 2.45) is 0 Å². The van der Waals surface area contributed by atoms with Crippen molar-refractivity contribution in [3.05, 3.63) is 5.69 Å². The topological polar surface area (TPSA) is 70.7 Å². The van der Waals surface area contributed by atoms with Crippen molar-refractivity contribution in [2.45, 2.75) is 10.3 Å². The zero-order valence-electron chi connectivity index (χ0n) is 7.68. The molecule has 1 aromatic heterocycles. The molecule has 0 saturated heterocycles. The summed E-state index contributed by atoms with van der Waals surface area (Å²) in [5.74, 6) is 0.667. The number of halogens is 1. The number of alkyl halides is 3. The van der Waals surface area contributed by atoms with Crippen molar-refractivity contribution in [3.63, 3.8) is 0 Å². The molecule has 1 aromatic rings. The normalized spacial score (nSPS) is 27.0. The summed E-state index contributed by atoms with van der Waals surface area (Å²) in [4.78, 5) is 16.0. The molecule has 2 N–H and O–H groups in total. The van der Waals surface area contributed by atoms with Crippen molar-refractivity contribution in [1.29, 1.82) is 0 Å². The fraction of sp³-hybridized carbons (Fsp3) is 0.571. The summed E-state index contributed by atoms with van der Waals surface area (Å²) >= 11 is -1.31. The van der Waals surface area contributed by atoms with Crippen molar-refractivity contribution in [2.75, 3.05) is 15.2 Å². The molecule has 0 aliphatic carbocycles. The van der Waals surface area contributed by atoms with Crippen molar-refractivity contribution < 1.29 is 4.79 Å². The zero-order chi connectivity index (χ0) is 9.64. The number of hydrogen-bond donors (Lipinski definition) is 2. The van der Waals surface area contributed by atoms with Gasteiger partial charge in [0.05, 0.1) is 0 Å². The number of hydrogen-bond acceptors (Lipinski definition) is 3. The number of H-pyrrole nitrogens is 1.